The van der Waals surface area contributed by atoms with E-state index in [0.717, 1.165) is 20.5 Å². The molecule has 0 aliphatic rings. The minimum Gasteiger partial charge on any atom is -0.487 e. The van der Waals surface area contributed by atoms with Crippen LogP contribution in [0.15, 0.2) is 81.5 Å². The second-order valence-corrected chi connectivity index (χ2v) is 10.5. The van der Waals surface area contributed by atoms with Crippen molar-refractivity contribution in [3.8, 4) is 23.1 Å². The fourth-order valence-electron chi connectivity index (χ4n) is 3.79. The first-order valence-electron chi connectivity index (χ1n) is 11.4. The van der Waals surface area contributed by atoms with Gasteiger partial charge in [0.05, 0.1) is 39.0 Å². The number of nitro groups is 1. The zero-order valence-electron chi connectivity index (χ0n) is 20.3. The van der Waals surface area contributed by atoms with Crippen LogP contribution in [0.3, 0.4) is 0 Å². The largest absolute Gasteiger partial charge is 0.487 e. The molecule has 39 heavy (non-hydrogen) atoms. The summed E-state index contributed by atoms with van der Waals surface area (Å²) in [6, 6.07) is 20.4. The van der Waals surface area contributed by atoms with E-state index >= 15 is 0 Å². The van der Waals surface area contributed by atoms with Gasteiger partial charge in [0.1, 0.15) is 6.07 Å². The highest BCUT2D eigenvalue weighted by Gasteiger charge is 2.20. The highest BCUT2D eigenvalue weighted by Crippen LogP contribution is 2.40. The molecule has 0 bridgehead atoms. The average Bonchev–Trinajstić information content (AvgIpc) is 3.39. The van der Waals surface area contributed by atoms with Gasteiger partial charge in [0.15, 0.2) is 10.1 Å². The van der Waals surface area contributed by atoms with Crippen LogP contribution in [0.1, 0.15) is 12.5 Å². The Labute approximate surface area is 243 Å². The monoisotopic (exact) mass is 595 g/mol. The Morgan fingerprint density at radius 1 is 1.21 bits per heavy atom. The third kappa shape index (κ3) is 6.08. The van der Waals surface area contributed by atoms with Crippen LogP contribution in [0.25, 0.3) is 22.2 Å². The molecule has 0 aliphatic carbocycles. The van der Waals surface area contributed by atoms with Gasteiger partial charge < -0.3 is 10.1 Å². The van der Waals surface area contributed by atoms with Gasteiger partial charge in [-0.3, -0.25) is 15.1 Å². The third-order valence-corrected chi connectivity index (χ3v) is 7.96. The summed E-state index contributed by atoms with van der Waals surface area (Å²) in [5, 5.41) is 27.5. The molecule has 2 aromatic heterocycles. The van der Waals surface area contributed by atoms with Crippen molar-refractivity contribution in [1.82, 2.24) is 9.97 Å². The van der Waals surface area contributed by atoms with Gasteiger partial charge in [0.2, 0.25) is 0 Å². The minimum absolute atomic E-state index is 0. The maximum Gasteiger partial charge on any atom is 0.311 e. The van der Waals surface area contributed by atoms with E-state index in [9.17, 15) is 15.4 Å². The van der Waals surface area contributed by atoms with Crippen molar-refractivity contribution < 1.29 is 9.66 Å². The lowest BCUT2D eigenvalue weighted by atomic mass is 10.1. The summed E-state index contributed by atoms with van der Waals surface area (Å²) in [7, 11) is 0. The predicted molar refractivity (Wildman–Crippen MR) is 158 cm³/mol. The van der Waals surface area contributed by atoms with E-state index in [1.807, 2.05) is 47.8 Å². The second kappa shape index (κ2) is 12.3. The molecule has 0 aliphatic heterocycles. The Morgan fingerprint density at radius 2 is 2.00 bits per heavy atom. The normalized spacial score (nSPS) is 10.5. The Hall–Kier alpha value is -3.88. The Bertz CT molecular complexity index is 1710. The van der Waals surface area contributed by atoms with Crippen LogP contribution in [0.2, 0.25) is 5.02 Å². The molecule has 8 nitrogen and oxygen atoms in total. The van der Waals surface area contributed by atoms with Crippen molar-refractivity contribution in [1.29, 1.82) is 5.26 Å². The van der Waals surface area contributed by atoms with E-state index in [1.54, 1.807) is 13.0 Å². The number of anilines is 2. The molecule has 196 valence electrons. The molecule has 5 aromatic rings. The molecule has 3 aromatic carbocycles. The lowest BCUT2D eigenvalue weighted by Gasteiger charge is -2.14. The van der Waals surface area contributed by atoms with Crippen LogP contribution in [0.4, 0.5) is 17.1 Å². The molecule has 0 amide bonds. The summed E-state index contributed by atoms with van der Waals surface area (Å²) in [4.78, 5) is 21.0. The van der Waals surface area contributed by atoms with E-state index in [2.05, 4.69) is 16.4 Å². The molecular formula is C27H19Cl2N5O3S2. The molecule has 1 N–H and O–H groups in total. The molecule has 2 heterocycles. The second-order valence-electron chi connectivity index (χ2n) is 7.92. The van der Waals surface area contributed by atoms with E-state index in [0.29, 0.717) is 27.3 Å². The van der Waals surface area contributed by atoms with Crippen LogP contribution < -0.4 is 10.1 Å². The molecule has 0 unspecified atom stereocenters. The summed E-state index contributed by atoms with van der Waals surface area (Å²) in [5.74, 6) is 0.121. The third-order valence-electron chi connectivity index (χ3n) is 5.52. The fourth-order valence-corrected chi connectivity index (χ4v) is 5.87. The summed E-state index contributed by atoms with van der Waals surface area (Å²) in [6.07, 6.45) is 1.42. The first-order chi connectivity index (χ1) is 18.5. The molecule has 0 saturated heterocycles. The topological polar surface area (TPSA) is 114 Å². The number of ether oxygens (including phenoxy) is 1. The van der Waals surface area contributed by atoms with Crippen LogP contribution >= 0.6 is 47.1 Å². The molecule has 0 atom stereocenters. The van der Waals surface area contributed by atoms with Crippen molar-refractivity contribution in [2.24, 2.45) is 0 Å². The summed E-state index contributed by atoms with van der Waals surface area (Å²) >= 11 is 9.62. The maximum absolute atomic E-state index is 11.7. The maximum atomic E-state index is 11.7. The molecule has 0 spiro atoms. The number of hydrogen-bond acceptors (Lipinski definition) is 9. The van der Waals surface area contributed by atoms with E-state index in [1.165, 1.54) is 41.4 Å². The minimum atomic E-state index is -0.516. The summed E-state index contributed by atoms with van der Waals surface area (Å²) < 4.78 is 6.29. The Kier molecular flexibility index (Phi) is 8.89. The van der Waals surface area contributed by atoms with Gasteiger partial charge in [0, 0.05) is 45.2 Å². The Balaban J connectivity index is 0.00000353. The first kappa shape index (κ1) is 28.1. The van der Waals surface area contributed by atoms with Crippen LogP contribution in [-0.2, 0) is 0 Å². The van der Waals surface area contributed by atoms with Gasteiger partial charge in [-0.05, 0) is 25.1 Å². The lowest BCUT2D eigenvalue weighted by Crippen LogP contribution is -2.01. The first-order valence-corrected chi connectivity index (χ1v) is 13.4. The highest BCUT2D eigenvalue weighted by molar-refractivity contribution is 8.01. The Morgan fingerprint density at radius 3 is 2.69 bits per heavy atom. The van der Waals surface area contributed by atoms with E-state index in [-0.39, 0.29) is 36.0 Å². The van der Waals surface area contributed by atoms with Crippen molar-refractivity contribution in [2.75, 3.05) is 11.9 Å². The number of pyridine rings is 1. The lowest BCUT2D eigenvalue weighted by molar-refractivity contribution is -0.385. The summed E-state index contributed by atoms with van der Waals surface area (Å²) in [5.41, 5.74) is 3.45. The predicted octanol–water partition coefficient (Wildman–Crippen LogP) is 8.51. The number of nitrogens with one attached hydrogen (secondary N) is 1. The van der Waals surface area contributed by atoms with Crippen molar-refractivity contribution in [2.45, 2.75) is 16.2 Å². The fraction of sp³-hybridized carbons (Fsp3) is 0.0741. The number of benzene rings is 3. The molecule has 0 radical (unpaired) electrons. The van der Waals surface area contributed by atoms with Gasteiger partial charge >= 0.3 is 5.69 Å². The van der Waals surface area contributed by atoms with Crippen LogP contribution in [0.5, 0.6) is 5.75 Å². The van der Waals surface area contributed by atoms with Crippen LogP contribution in [-0.4, -0.2) is 21.5 Å². The van der Waals surface area contributed by atoms with Crippen LogP contribution in [0, 0.1) is 21.4 Å². The molecule has 5 rings (SSSR count). The zero-order valence-corrected chi connectivity index (χ0v) is 23.5. The standard InChI is InChI=1S/C27H18ClN5O3S2.ClH/c1-2-36-24-12-21-19(11-23(24)33(34)35)26(17(13-29)14-30-21)31-18-8-9-25(20(28)10-18)38-27-32-22(15-37-27)16-6-4-3-5-7-16;/h3-12,14-15H,2H2,1H3,(H,30,31);1H. The number of halogens is 2. The van der Waals surface area contributed by atoms with E-state index < -0.39 is 4.92 Å². The van der Waals surface area contributed by atoms with Gasteiger partial charge in [-0.25, -0.2) is 4.98 Å². The number of nitro benzene ring substituents is 1. The number of aromatic nitrogens is 2. The van der Waals surface area contributed by atoms with Gasteiger partial charge in [0.25, 0.3) is 0 Å². The zero-order chi connectivity index (χ0) is 26.6. The molecule has 0 saturated carbocycles. The molecular weight excluding hydrogens is 577 g/mol. The number of thiazole rings is 1. The highest BCUT2D eigenvalue weighted by atomic mass is 35.5. The van der Waals surface area contributed by atoms with Gasteiger partial charge in [-0.1, -0.05) is 53.7 Å². The average molecular weight is 597 g/mol. The molecule has 12 heteroatoms. The SMILES string of the molecule is CCOc1cc2ncc(C#N)c(Nc3ccc(Sc4nc(-c5ccccc5)cs4)c(Cl)c3)c2cc1[N+](=O)[O-].Cl. The molecule has 0 fully saturated rings. The quantitative estimate of drug-likeness (QED) is 0.140. The van der Waals surface area contributed by atoms with Crippen molar-refractivity contribution >= 4 is 75.1 Å². The number of nitriles is 1. The van der Waals surface area contributed by atoms with E-state index in [4.69, 9.17) is 21.3 Å². The smallest absolute Gasteiger partial charge is 0.311 e. The van der Waals surface area contributed by atoms with Gasteiger partial charge in [-0.15, -0.1) is 23.7 Å². The van der Waals surface area contributed by atoms with Gasteiger partial charge in [-0.2, -0.15) is 5.26 Å². The summed E-state index contributed by atoms with van der Waals surface area (Å²) in [6.45, 7) is 2.01. The number of rotatable bonds is 8. The van der Waals surface area contributed by atoms with Crippen molar-refractivity contribution in [3.63, 3.8) is 0 Å². The number of hydrogen-bond donors (Lipinski definition) is 1. The number of fused-ring (bicyclic) bond motifs is 1. The van der Waals surface area contributed by atoms with Crippen molar-refractivity contribution in [3.05, 3.63) is 92.9 Å². The number of nitrogens with zero attached hydrogens (tertiary/aromatic N) is 4.